The minimum Gasteiger partial charge on any atom is -0.452 e. The van der Waals surface area contributed by atoms with Crippen molar-refractivity contribution in [3.63, 3.8) is 0 Å². The van der Waals surface area contributed by atoms with Gasteiger partial charge in [0.05, 0.1) is 5.56 Å². The van der Waals surface area contributed by atoms with Crippen molar-refractivity contribution < 1.29 is 19.1 Å². The fourth-order valence-corrected chi connectivity index (χ4v) is 1.62. The van der Waals surface area contributed by atoms with Gasteiger partial charge in [0, 0.05) is 12.7 Å². The van der Waals surface area contributed by atoms with Gasteiger partial charge in [-0.15, -0.1) is 0 Å². The number of ether oxygens (including phenoxy) is 1. The summed E-state index contributed by atoms with van der Waals surface area (Å²) in [6.45, 7) is 3.26. The van der Waals surface area contributed by atoms with Gasteiger partial charge < -0.3 is 15.4 Å². The first-order chi connectivity index (χ1) is 9.95. The lowest BCUT2D eigenvalue weighted by Crippen LogP contribution is -2.46. The van der Waals surface area contributed by atoms with Gasteiger partial charge in [0.2, 0.25) is 5.91 Å². The van der Waals surface area contributed by atoms with Crippen LogP contribution in [-0.4, -0.2) is 42.0 Å². The molecule has 0 unspecified atom stereocenters. The maximum absolute atomic E-state index is 11.7. The number of esters is 1. The minimum absolute atomic E-state index is 0.00130. The van der Waals surface area contributed by atoms with Crippen molar-refractivity contribution in [3.8, 4) is 0 Å². The number of amides is 2. The number of hydrogen-bond acceptors (Lipinski definition) is 5. The number of rotatable bonds is 6. The minimum atomic E-state index is -0.756. The highest BCUT2D eigenvalue weighted by Gasteiger charge is 2.17. The zero-order valence-electron chi connectivity index (χ0n) is 11.7. The van der Waals surface area contributed by atoms with Crippen LogP contribution in [0.4, 0.5) is 0 Å². The summed E-state index contributed by atoms with van der Waals surface area (Å²) in [6.07, 6.45) is 1.43. The van der Waals surface area contributed by atoms with Gasteiger partial charge in [-0.25, -0.2) is 9.78 Å². The molecule has 0 aromatic carbocycles. The second-order valence-corrected chi connectivity index (χ2v) is 4.46. The van der Waals surface area contributed by atoms with E-state index in [-0.39, 0.29) is 16.6 Å². The largest absolute Gasteiger partial charge is 0.452 e. The third-order valence-electron chi connectivity index (χ3n) is 2.44. The Labute approximate surface area is 127 Å². The Balaban J connectivity index is 2.45. The van der Waals surface area contributed by atoms with E-state index < -0.39 is 24.5 Å². The lowest BCUT2D eigenvalue weighted by Gasteiger charge is -2.13. The number of pyridine rings is 1. The number of nitrogens with zero attached hydrogens (tertiary/aromatic N) is 1. The number of carbonyl (C=O) groups is 3. The summed E-state index contributed by atoms with van der Waals surface area (Å²) in [5.74, 6) is -1.65. The Kier molecular flexibility index (Phi) is 6.61. The Hall–Kier alpha value is -2.15. The molecule has 8 heteroatoms. The Morgan fingerprint density at radius 3 is 2.76 bits per heavy atom. The first-order valence-electron chi connectivity index (χ1n) is 6.30. The number of carbonyl (C=O) groups excluding carboxylic acids is 3. The lowest BCUT2D eigenvalue weighted by molar-refractivity contribution is -0.130. The molecule has 2 amide bonds. The number of hydrogen-bond donors (Lipinski definition) is 2. The van der Waals surface area contributed by atoms with Crippen LogP contribution in [0.2, 0.25) is 5.15 Å². The van der Waals surface area contributed by atoms with Crippen molar-refractivity contribution in [3.05, 3.63) is 29.0 Å². The quantitative estimate of drug-likeness (QED) is 0.590. The van der Waals surface area contributed by atoms with E-state index in [4.69, 9.17) is 16.3 Å². The molecule has 1 heterocycles. The van der Waals surface area contributed by atoms with Gasteiger partial charge in [0.1, 0.15) is 11.2 Å². The highest BCUT2D eigenvalue weighted by molar-refractivity contribution is 6.32. The summed E-state index contributed by atoms with van der Waals surface area (Å²) < 4.78 is 4.80. The van der Waals surface area contributed by atoms with Crippen molar-refractivity contribution in [1.82, 2.24) is 15.6 Å². The van der Waals surface area contributed by atoms with E-state index in [0.29, 0.717) is 6.54 Å². The van der Waals surface area contributed by atoms with Crippen LogP contribution in [0.3, 0.4) is 0 Å². The normalized spacial score (nSPS) is 11.4. The van der Waals surface area contributed by atoms with Crippen LogP contribution >= 0.6 is 11.6 Å². The van der Waals surface area contributed by atoms with Crippen LogP contribution in [0.15, 0.2) is 18.3 Å². The van der Waals surface area contributed by atoms with Gasteiger partial charge >= 0.3 is 5.97 Å². The van der Waals surface area contributed by atoms with Gasteiger partial charge in [-0.2, -0.15) is 0 Å². The highest BCUT2D eigenvalue weighted by Crippen LogP contribution is 2.12. The average Bonchev–Trinajstić information content (AvgIpc) is 2.45. The molecule has 1 rings (SSSR count). The molecule has 2 N–H and O–H groups in total. The molecule has 0 saturated heterocycles. The van der Waals surface area contributed by atoms with Gasteiger partial charge in [-0.1, -0.05) is 11.6 Å². The molecule has 1 atom stereocenters. The highest BCUT2D eigenvalue weighted by atomic mass is 35.5. The molecule has 0 saturated carbocycles. The van der Waals surface area contributed by atoms with Crippen molar-refractivity contribution in [1.29, 1.82) is 0 Å². The molecule has 0 spiro atoms. The van der Waals surface area contributed by atoms with Crippen LogP contribution in [-0.2, 0) is 14.3 Å². The lowest BCUT2D eigenvalue weighted by atomic mass is 10.3. The summed E-state index contributed by atoms with van der Waals surface area (Å²) >= 11 is 5.73. The van der Waals surface area contributed by atoms with Crippen LogP contribution in [0, 0.1) is 0 Å². The van der Waals surface area contributed by atoms with E-state index in [2.05, 4.69) is 15.6 Å². The molecule has 0 aliphatic heterocycles. The molecule has 1 aromatic heterocycles. The number of halogens is 1. The molecule has 0 aliphatic carbocycles. The van der Waals surface area contributed by atoms with Gasteiger partial charge in [-0.3, -0.25) is 9.59 Å². The summed E-state index contributed by atoms with van der Waals surface area (Å²) in [4.78, 5) is 38.4. The molecular formula is C13H16ClN3O4. The molecule has 0 fully saturated rings. The third-order valence-corrected chi connectivity index (χ3v) is 2.74. The fourth-order valence-electron chi connectivity index (χ4n) is 1.42. The zero-order valence-corrected chi connectivity index (χ0v) is 12.4. The van der Waals surface area contributed by atoms with E-state index in [1.165, 1.54) is 25.3 Å². The van der Waals surface area contributed by atoms with Gasteiger partial charge in [-0.05, 0) is 26.0 Å². The second kappa shape index (κ2) is 8.21. The number of likely N-dealkylation sites (N-methyl/N-ethyl adjacent to an activating group) is 1. The van der Waals surface area contributed by atoms with Gasteiger partial charge in [0.25, 0.3) is 5.91 Å². The summed E-state index contributed by atoms with van der Waals surface area (Å²) in [5, 5.41) is 4.97. The molecule has 114 valence electrons. The Morgan fingerprint density at radius 1 is 1.43 bits per heavy atom. The smallest absolute Gasteiger partial charge is 0.341 e. The van der Waals surface area contributed by atoms with E-state index in [1.807, 2.05) is 0 Å². The molecule has 0 aliphatic rings. The summed E-state index contributed by atoms with van der Waals surface area (Å²) in [6, 6.07) is 2.25. The SMILES string of the molecule is CCNC(=O)[C@@H](C)NC(=O)COC(=O)c1cccnc1Cl. The van der Waals surface area contributed by atoms with Gasteiger partial charge in [0.15, 0.2) is 6.61 Å². The maximum Gasteiger partial charge on any atom is 0.341 e. The summed E-state index contributed by atoms with van der Waals surface area (Å²) in [7, 11) is 0. The first-order valence-corrected chi connectivity index (χ1v) is 6.68. The van der Waals surface area contributed by atoms with Crippen LogP contribution in [0.1, 0.15) is 24.2 Å². The first kappa shape index (κ1) is 16.9. The van der Waals surface area contributed by atoms with E-state index in [9.17, 15) is 14.4 Å². The molecule has 7 nitrogen and oxygen atoms in total. The molecule has 21 heavy (non-hydrogen) atoms. The monoisotopic (exact) mass is 313 g/mol. The van der Waals surface area contributed by atoms with Crippen molar-refractivity contribution >= 4 is 29.4 Å². The van der Waals surface area contributed by atoms with E-state index in [1.54, 1.807) is 6.92 Å². The van der Waals surface area contributed by atoms with Crippen LogP contribution in [0.25, 0.3) is 0 Å². The second-order valence-electron chi connectivity index (χ2n) is 4.10. The predicted octanol–water partition coefficient (Wildman–Crippen LogP) is 0.533. The van der Waals surface area contributed by atoms with Crippen LogP contribution < -0.4 is 10.6 Å². The fraction of sp³-hybridized carbons (Fsp3) is 0.385. The number of aromatic nitrogens is 1. The average molecular weight is 314 g/mol. The van der Waals surface area contributed by atoms with Crippen molar-refractivity contribution in [2.75, 3.05) is 13.2 Å². The Bertz CT molecular complexity index is 536. The van der Waals surface area contributed by atoms with Crippen molar-refractivity contribution in [2.24, 2.45) is 0 Å². The van der Waals surface area contributed by atoms with E-state index in [0.717, 1.165) is 0 Å². The topological polar surface area (TPSA) is 97.4 Å². The standard InChI is InChI=1S/C13H16ClN3O4/c1-3-15-12(19)8(2)17-10(18)7-21-13(20)9-5-4-6-16-11(9)14/h4-6,8H,3,7H2,1-2H3,(H,15,19)(H,17,18)/t8-/m1/s1. The zero-order chi connectivity index (χ0) is 15.8. The molecule has 0 bridgehead atoms. The predicted molar refractivity (Wildman–Crippen MR) is 75.8 cm³/mol. The van der Waals surface area contributed by atoms with Crippen LogP contribution in [0.5, 0.6) is 0 Å². The maximum atomic E-state index is 11.7. The van der Waals surface area contributed by atoms with Crippen molar-refractivity contribution in [2.45, 2.75) is 19.9 Å². The molecule has 0 radical (unpaired) electrons. The third kappa shape index (κ3) is 5.39. The van der Waals surface area contributed by atoms with E-state index >= 15 is 0 Å². The molecular weight excluding hydrogens is 298 g/mol. The number of nitrogens with one attached hydrogen (secondary N) is 2. The summed E-state index contributed by atoms with van der Waals surface area (Å²) in [5.41, 5.74) is 0.0729. The Morgan fingerprint density at radius 2 is 2.14 bits per heavy atom. The molecule has 1 aromatic rings.